The lowest BCUT2D eigenvalue weighted by atomic mass is 10.1. The number of benzene rings is 2. The zero-order valence-corrected chi connectivity index (χ0v) is 24.4. The quantitative estimate of drug-likeness (QED) is 0.199. The molecule has 0 radical (unpaired) electrons. The topological polar surface area (TPSA) is 55.8 Å². The highest BCUT2D eigenvalue weighted by Crippen LogP contribution is 2.32. The molecular weight excluding hydrogens is 573 g/mol. The van der Waals surface area contributed by atoms with Crippen molar-refractivity contribution in [2.75, 3.05) is 68.7 Å². The number of nitrogens with zero attached hydrogens (tertiary/aromatic N) is 6. The van der Waals surface area contributed by atoms with E-state index in [9.17, 15) is 18.0 Å². The van der Waals surface area contributed by atoms with Crippen molar-refractivity contribution < 1.29 is 18.0 Å². The number of aromatic nitrogens is 2. The Morgan fingerprint density at radius 1 is 0.902 bits per heavy atom. The second-order valence-corrected chi connectivity index (χ2v) is 11.4. The number of rotatable bonds is 7. The van der Waals surface area contributed by atoms with E-state index in [1.54, 1.807) is 11.0 Å². The van der Waals surface area contributed by atoms with Gasteiger partial charge in [-0.2, -0.15) is 13.2 Å². The summed E-state index contributed by atoms with van der Waals surface area (Å²) in [5, 5.41) is 1.04. The van der Waals surface area contributed by atoms with Crippen LogP contribution in [0.25, 0.3) is 0 Å². The van der Waals surface area contributed by atoms with Crippen LogP contribution in [0.3, 0.4) is 0 Å². The van der Waals surface area contributed by atoms with Crippen LogP contribution in [-0.4, -0.2) is 84.6 Å². The van der Waals surface area contributed by atoms with Crippen LogP contribution in [-0.2, 0) is 11.9 Å². The molecule has 0 bridgehead atoms. The van der Waals surface area contributed by atoms with E-state index < -0.39 is 11.7 Å². The first kappa shape index (κ1) is 29.5. The lowest BCUT2D eigenvalue weighted by Crippen LogP contribution is -2.48. The second kappa shape index (κ2) is 12.9. The van der Waals surface area contributed by atoms with E-state index in [2.05, 4.69) is 21.7 Å². The number of piperazine rings is 2. The molecule has 0 unspecified atom stereocenters. The third-order valence-corrected chi connectivity index (χ3v) is 8.59. The maximum absolute atomic E-state index is 13.1. The number of alkyl halides is 3. The minimum absolute atomic E-state index is 0.0844. The summed E-state index contributed by atoms with van der Waals surface area (Å²) < 4.78 is 39.3. The molecule has 41 heavy (non-hydrogen) atoms. The molecule has 2 fully saturated rings. The van der Waals surface area contributed by atoms with Crippen molar-refractivity contribution in [1.29, 1.82) is 0 Å². The fraction of sp³-hybridized carbons (Fsp3) is 0.414. The van der Waals surface area contributed by atoms with Gasteiger partial charge in [0.15, 0.2) is 5.16 Å². The predicted molar refractivity (Wildman–Crippen MR) is 157 cm³/mol. The van der Waals surface area contributed by atoms with E-state index in [0.717, 1.165) is 56.2 Å². The summed E-state index contributed by atoms with van der Waals surface area (Å²) in [5.74, 6) is 1.39. The molecule has 5 rings (SSSR count). The molecule has 12 heteroatoms. The summed E-state index contributed by atoms with van der Waals surface area (Å²) in [5.41, 5.74) is 1.46. The summed E-state index contributed by atoms with van der Waals surface area (Å²) >= 11 is 7.81. The van der Waals surface area contributed by atoms with Gasteiger partial charge in [-0.15, -0.1) is 0 Å². The third kappa shape index (κ3) is 7.44. The Labute approximate surface area is 247 Å². The molecule has 2 aliphatic rings. The summed E-state index contributed by atoms with van der Waals surface area (Å²) in [6.45, 7) is 8.83. The van der Waals surface area contributed by atoms with Gasteiger partial charge in [-0.3, -0.25) is 4.79 Å². The van der Waals surface area contributed by atoms with E-state index in [4.69, 9.17) is 16.6 Å². The van der Waals surface area contributed by atoms with Gasteiger partial charge in [0.25, 0.3) is 5.91 Å². The summed E-state index contributed by atoms with van der Waals surface area (Å²) in [6, 6.07) is 14.6. The van der Waals surface area contributed by atoms with Crippen molar-refractivity contribution in [2.24, 2.45) is 0 Å². The van der Waals surface area contributed by atoms with Crippen molar-refractivity contribution in [3.8, 4) is 0 Å². The normalized spacial score (nSPS) is 16.8. The Balaban J connectivity index is 1.14. The first-order chi connectivity index (χ1) is 19.7. The van der Waals surface area contributed by atoms with Crippen LogP contribution in [0.5, 0.6) is 0 Å². The highest BCUT2D eigenvalue weighted by atomic mass is 35.5. The van der Waals surface area contributed by atoms with Crippen LogP contribution in [0.2, 0.25) is 5.15 Å². The molecule has 2 aliphatic heterocycles. The van der Waals surface area contributed by atoms with Crippen LogP contribution < -0.4 is 9.80 Å². The van der Waals surface area contributed by atoms with Crippen molar-refractivity contribution in [3.63, 3.8) is 0 Å². The van der Waals surface area contributed by atoms with Gasteiger partial charge in [0.05, 0.1) is 5.56 Å². The molecule has 0 saturated carbocycles. The number of likely N-dealkylation sites (N-methyl/N-ethyl adjacent to an activating group) is 1. The van der Waals surface area contributed by atoms with E-state index in [1.807, 2.05) is 35.2 Å². The van der Waals surface area contributed by atoms with Gasteiger partial charge in [-0.25, -0.2) is 9.97 Å². The summed E-state index contributed by atoms with van der Waals surface area (Å²) in [4.78, 5) is 30.5. The molecule has 1 amide bonds. The minimum Gasteiger partial charge on any atom is -0.368 e. The average molecular weight is 605 g/mol. The molecule has 2 saturated heterocycles. The maximum Gasteiger partial charge on any atom is 0.416 e. The van der Waals surface area contributed by atoms with Crippen molar-refractivity contribution in [1.82, 2.24) is 19.8 Å². The molecule has 1 aromatic heterocycles. The number of halogens is 4. The van der Waals surface area contributed by atoms with Gasteiger partial charge in [0.1, 0.15) is 11.0 Å². The molecule has 2 aromatic carbocycles. The number of carbonyl (C=O) groups is 1. The maximum atomic E-state index is 13.1. The van der Waals surface area contributed by atoms with E-state index in [1.165, 1.54) is 17.8 Å². The van der Waals surface area contributed by atoms with Crippen LogP contribution in [0.15, 0.2) is 59.8 Å². The van der Waals surface area contributed by atoms with Gasteiger partial charge < -0.3 is 19.6 Å². The molecular formula is C29H32ClF3N6OS. The number of anilines is 2. The number of amides is 1. The highest BCUT2D eigenvalue weighted by molar-refractivity contribution is 7.98. The zero-order valence-electron chi connectivity index (χ0n) is 22.8. The van der Waals surface area contributed by atoms with Crippen LogP contribution in [0.4, 0.5) is 24.7 Å². The van der Waals surface area contributed by atoms with Crippen LogP contribution >= 0.6 is 23.4 Å². The number of thioether (sulfide) groups is 1. The van der Waals surface area contributed by atoms with Gasteiger partial charge in [0, 0.05) is 75.4 Å². The standard InChI is InChI=1S/C29H32ClF3N6OS/c1-2-36-10-12-38(13-11-36)26-19-25(30)34-28(35-26)41-20-21-6-8-22(9-7-21)27(40)39-16-14-37(15-17-39)24-5-3-4-23(18-24)29(31,32)33/h3-9,18-19H,2,10-17,20H2,1H3. The smallest absolute Gasteiger partial charge is 0.368 e. The Hall–Kier alpha value is -3.02. The molecule has 3 heterocycles. The second-order valence-electron chi connectivity index (χ2n) is 10.1. The lowest BCUT2D eigenvalue weighted by molar-refractivity contribution is -0.137. The SMILES string of the molecule is CCN1CCN(c2cc(Cl)nc(SCc3ccc(C(=O)N4CCN(c5cccc(C(F)(F)F)c5)CC4)cc3)n2)CC1. The molecule has 3 aromatic rings. The first-order valence-corrected chi connectivity index (χ1v) is 15.0. The fourth-order valence-corrected chi connectivity index (χ4v) is 6.06. The zero-order chi connectivity index (χ0) is 29.0. The van der Waals surface area contributed by atoms with Crippen molar-refractivity contribution >= 4 is 40.8 Å². The van der Waals surface area contributed by atoms with E-state index in [0.29, 0.717) is 53.5 Å². The van der Waals surface area contributed by atoms with Crippen LogP contribution in [0.1, 0.15) is 28.4 Å². The summed E-state index contributed by atoms with van der Waals surface area (Å²) in [7, 11) is 0. The van der Waals surface area contributed by atoms with Gasteiger partial charge in [0.2, 0.25) is 0 Å². The highest BCUT2D eigenvalue weighted by Gasteiger charge is 2.31. The van der Waals surface area contributed by atoms with Crippen molar-refractivity contribution in [2.45, 2.75) is 24.0 Å². The first-order valence-electron chi connectivity index (χ1n) is 13.6. The molecule has 0 atom stereocenters. The monoisotopic (exact) mass is 604 g/mol. The largest absolute Gasteiger partial charge is 0.416 e. The molecule has 0 aliphatic carbocycles. The third-order valence-electron chi connectivity index (χ3n) is 7.48. The average Bonchev–Trinajstić information content (AvgIpc) is 2.99. The molecule has 218 valence electrons. The lowest BCUT2D eigenvalue weighted by Gasteiger charge is -2.36. The Morgan fingerprint density at radius 2 is 1.59 bits per heavy atom. The number of hydrogen-bond acceptors (Lipinski definition) is 7. The Bertz CT molecular complexity index is 1340. The molecule has 0 N–H and O–H groups in total. The van der Waals surface area contributed by atoms with Crippen molar-refractivity contribution in [3.05, 3.63) is 76.4 Å². The molecule has 7 nitrogen and oxygen atoms in total. The Morgan fingerprint density at radius 3 is 2.24 bits per heavy atom. The van der Waals surface area contributed by atoms with Gasteiger partial charge in [-0.05, 0) is 42.4 Å². The molecule has 0 spiro atoms. The van der Waals surface area contributed by atoms with E-state index in [-0.39, 0.29) is 5.91 Å². The van der Waals surface area contributed by atoms with E-state index >= 15 is 0 Å². The number of carbonyl (C=O) groups excluding carboxylic acids is 1. The number of hydrogen-bond donors (Lipinski definition) is 0. The summed E-state index contributed by atoms with van der Waals surface area (Å²) in [6.07, 6.45) is -4.38. The van der Waals surface area contributed by atoms with Gasteiger partial charge in [-0.1, -0.05) is 48.5 Å². The minimum atomic E-state index is -4.38. The van der Waals surface area contributed by atoms with Crippen LogP contribution in [0, 0.1) is 0 Å². The fourth-order valence-electron chi connectivity index (χ4n) is 5.03. The predicted octanol–water partition coefficient (Wildman–Crippen LogP) is 5.55. The Kier molecular flexibility index (Phi) is 9.25. The van der Waals surface area contributed by atoms with Gasteiger partial charge >= 0.3 is 6.18 Å².